The maximum atomic E-state index is 12.6. The van der Waals surface area contributed by atoms with Crippen molar-refractivity contribution in [2.45, 2.75) is 64.8 Å². The van der Waals surface area contributed by atoms with Crippen molar-refractivity contribution in [3.63, 3.8) is 0 Å². The molecule has 1 fully saturated rings. The van der Waals surface area contributed by atoms with Gasteiger partial charge in [0, 0.05) is 17.3 Å². The fraction of sp³-hybridized carbons (Fsp3) is 0.545. The molecule has 156 valence electrons. The second-order valence-electron chi connectivity index (χ2n) is 7.97. The van der Waals surface area contributed by atoms with Crippen LogP contribution in [0.5, 0.6) is 0 Å². The van der Waals surface area contributed by atoms with E-state index in [1.54, 1.807) is 19.1 Å². The molecule has 1 unspecified atom stereocenters. The Balaban J connectivity index is 1.46. The largest absolute Gasteiger partial charge is 0.326 e. The molecule has 1 aromatic heterocycles. The summed E-state index contributed by atoms with van der Waals surface area (Å²) >= 11 is 0. The SMILES string of the molecule is CCCCC1CCC(C(=O)Nc2ccc(NC(=O)C(C)n3cncn3)cc2)CC1. The lowest BCUT2D eigenvalue weighted by Gasteiger charge is -2.27. The Morgan fingerprint density at radius 1 is 1.10 bits per heavy atom. The monoisotopic (exact) mass is 397 g/mol. The van der Waals surface area contributed by atoms with Crippen LogP contribution in [0.3, 0.4) is 0 Å². The second-order valence-corrected chi connectivity index (χ2v) is 7.97. The summed E-state index contributed by atoms with van der Waals surface area (Å²) in [5.74, 6) is 0.834. The zero-order valence-corrected chi connectivity index (χ0v) is 17.3. The van der Waals surface area contributed by atoms with Crippen LogP contribution in [-0.4, -0.2) is 26.6 Å². The van der Waals surface area contributed by atoms with Crippen molar-refractivity contribution in [3.8, 4) is 0 Å². The summed E-state index contributed by atoms with van der Waals surface area (Å²) in [4.78, 5) is 28.7. The van der Waals surface area contributed by atoms with E-state index < -0.39 is 6.04 Å². The molecule has 29 heavy (non-hydrogen) atoms. The predicted octanol–water partition coefficient (Wildman–Crippen LogP) is 4.41. The number of unbranched alkanes of at least 4 members (excludes halogenated alkanes) is 1. The van der Waals surface area contributed by atoms with Gasteiger partial charge in [0.05, 0.1) is 0 Å². The summed E-state index contributed by atoms with van der Waals surface area (Å²) in [6.45, 7) is 3.99. The van der Waals surface area contributed by atoms with E-state index in [4.69, 9.17) is 0 Å². The minimum absolute atomic E-state index is 0.107. The van der Waals surface area contributed by atoms with E-state index in [1.165, 1.54) is 36.6 Å². The smallest absolute Gasteiger partial charge is 0.249 e. The van der Waals surface area contributed by atoms with Crippen molar-refractivity contribution in [1.82, 2.24) is 14.8 Å². The maximum absolute atomic E-state index is 12.6. The van der Waals surface area contributed by atoms with Gasteiger partial charge in [0.2, 0.25) is 11.8 Å². The van der Waals surface area contributed by atoms with Crippen LogP contribution in [0, 0.1) is 11.8 Å². The molecule has 2 aromatic rings. The number of hydrogen-bond acceptors (Lipinski definition) is 4. The molecule has 2 amide bonds. The number of amides is 2. The standard InChI is InChI=1S/C22H31N5O2/c1-3-4-5-17-6-8-18(9-7-17)22(29)26-20-12-10-19(11-13-20)25-21(28)16(2)27-15-23-14-24-27/h10-18H,3-9H2,1-2H3,(H,25,28)(H,26,29). The molecule has 0 bridgehead atoms. The summed E-state index contributed by atoms with van der Waals surface area (Å²) in [6.07, 6.45) is 11.0. The lowest BCUT2D eigenvalue weighted by Crippen LogP contribution is -2.27. The Hall–Kier alpha value is -2.70. The zero-order valence-electron chi connectivity index (χ0n) is 17.3. The highest BCUT2D eigenvalue weighted by molar-refractivity contribution is 5.95. The van der Waals surface area contributed by atoms with Gasteiger partial charge in [0.15, 0.2) is 0 Å². The predicted molar refractivity (Wildman–Crippen MR) is 113 cm³/mol. The molecule has 1 heterocycles. The number of carbonyl (C=O) groups is 2. The number of rotatable bonds is 8. The fourth-order valence-electron chi connectivity index (χ4n) is 3.87. The average molecular weight is 398 g/mol. The van der Waals surface area contributed by atoms with Crippen molar-refractivity contribution in [2.24, 2.45) is 11.8 Å². The first-order valence-electron chi connectivity index (χ1n) is 10.6. The Bertz CT molecular complexity index is 780. The van der Waals surface area contributed by atoms with Crippen molar-refractivity contribution < 1.29 is 9.59 Å². The fourth-order valence-corrected chi connectivity index (χ4v) is 3.87. The third-order valence-corrected chi connectivity index (χ3v) is 5.82. The van der Waals surface area contributed by atoms with Crippen LogP contribution in [0.1, 0.15) is 64.8 Å². The van der Waals surface area contributed by atoms with Gasteiger partial charge in [-0.1, -0.05) is 26.2 Å². The zero-order chi connectivity index (χ0) is 20.6. The average Bonchev–Trinajstić information content (AvgIpc) is 3.28. The minimum atomic E-state index is -0.454. The normalized spacial score (nSPS) is 20.1. The third kappa shape index (κ3) is 5.89. The molecule has 1 saturated carbocycles. The topological polar surface area (TPSA) is 88.9 Å². The van der Waals surface area contributed by atoms with Crippen molar-refractivity contribution in [2.75, 3.05) is 10.6 Å². The number of benzene rings is 1. The minimum Gasteiger partial charge on any atom is -0.326 e. The van der Waals surface area contributed by atoms with Gasteiger partial charge in [0.1, 0.15) is 18.7 Å². The molecule has 0 radical (unpaired) electrons. The molecule has 1 aliphatic carbocycles. The molecule has 0 spiro atoms. The summed E-state index contributed by atoms with van der Waals surface area (Å²) < 4.78 is 1.50. The molecule has 7 heteroatoms. The van der Waals surface area contributed by atoms with E-state index in [0.717, 1.165) is 37.3 Å². The number of nitrogens with one attached hydrogen (secondary N) is 2. The molecule has 2 N–H and O–H groups in total. The van der Waals surface area contributed by atoms with E-state index in [9.17, 15) is 9.59 Å². The molecule has 3 rings (SSSR count). The Labute approximate surface area is 172 Å². The number of anilines is 2. The number of carbonyl (C=O) groups excluding carboxylic acids is 2. The third-order valence-electron chi connectivity index (χ3n) is 5.82. The van der Waals surface area contributed by atoms with E-state index in [0.29, 0.717) is 5.69 Å². The van der Waals surface area contributed by atoms with Gasteiger partial charge in [-0.3, -0.25) is 9.59 Å². The summed E-state index contributed by atoms with van der Waals surface area (Å²) in [5, 5.41) is 9.86. The number of hydrogen-bond donors (Lipinski definition) is 2. The quantitative estimate of drug-likeness (QED) is 0.690. The van der Waals surface area contributed by atoms with Gasteiger partial charge in [-0.15, -0.1) is 0 Å². The molecule has 1 aromatic carbocycles. The van der Waals surface area contributed by atoms with Crippen LogP contribution in [-0.2, 0) is 9.59 Å². The van der Waals surface area contributed by atoms with E-state index >= 15 is 0 Å². The van der Waals surface area contributed by atoms with Crippen LogP contribution in [0.2, 0.25) is 0 Å². The molecule has 1 aliphatic rings. The maximum Gasteiger partial charge on any atom is 0.249 e. The Morgan fingerprint density at radius 3 is 2.34 bits per heavy atom. The lowest BCUT2D eigenvalue weighted by molar-refractivity contribution is -0.121. The van der Waals surface area contributed by atoms with Gasteiger partial charge in [-0.05, 0) is 62.8 Å². The van der Waals surface area contributed by atoms with Crippen molar-refractivity contribution in [1.29, 1.82) is 0 Å². The first-order valence-corrected chi connectivity index (χ1v) is 10.6. The second kappa shape index (κ2) is 10.2. The lowest BCUT2D eigenvalue weighted by atomic mass is 9.79. The molecular weight excluding hydrogens is 366 g/mol. The van der Waals surface area contributed by atoms with Crippen molar-refractivity contribution >= 4 is 23.2 Å². The molecule has 0 saturated heterocycles. The number of nitrogens with zero attached hydrogens (tertiary/aromatic N) is 3. The van der Waals surface area contributed by atoms with Crippen LogP contribution >= 0.6 is 0 Å². The van der Waals surface area contributed by atoms with Crippen LogP contribution in [0.15, 0.2) is 36.9 Å². The summed E-state index contributed by atoms with van der Waals surface area (Å²) in [6, 6.07) is 6.78. The highest BCUT2D eigenvalue weighted by Crippen LogP contribution is 2.32. The molecule has 1 atom stereocenters. The Morgan fingerprint density at radius 2 is 1.76 bits per heavy atom. The van der Waals surface area contributed by atoms with Crippen molar-refractivity contribution in [3.05, 3.63) is 36.9 Å². The highest BCUT2D eigenvalue weighted by atomic mass is 16.2. The van der Waals surface area contributed by atoms with Crippen LogP contribution in [0.25, 0.3) is 0 Å². The summed E-state index contributed by atoms with van der Waals surface area (Å²) in [7, 11) is 0. The number of aromatic nitrogens is 3. The van der Waals surface area contributed by atoms with Gasteiger partial charge in [-0.2, -0.15) is 5.10 Å². The van der Waals surface area contributed by atoms with Gasteiger partial charge in [0.25, 0.3) is 0 Å². The van der Waals surface area contributed by atoms with Gasteiger partial charge >= 0.3 is 0 Å². The van der Waals surface area contributed by atoms with E-state index in [2.05, 4.69) is 27.6 Å². The highest BCUT2D eigenvalue weighted by Gasteiger charge is 2.26. The first kappa shape index (κ1) is 21.0. The van der Waals surface area contributed by atoms with E-state index in [-0.39, 0.29) is 17.7 Å². The molecular formula is C22H31N5O2. The molecule has 7 nitrogen and oxygen atoms in total. The van der Waals surface area contributed by atoms with Crippen LogP contribution in [0.4, 0.5) is 11.4 Å². The van der Waals surface area contributed by atoms with E-state index in [1.807, 2.05) is 12.1 Å². The summed E-state index contributed by atoms with van der Waals surface area (Å²) in [5.41, 5.74) is 1.43. The first-order chi connectivity index (χ1) is 14.1. The Kier molecular flexibility index (Phi) is 7.38. The van der Waals surface area contributed by atoms with Gasteiger partial charge < -0.3 is 10.6 Å². The molecule has 0 aliphatic heterocycles. The van der Waals surface area contributed by atoms with Gasteiger partial charge in [-0.25, -0.2) is 9.67 Å². The van der Waals surface area contributed by atoms with Crippen LogP contribution < -0.4 is 10.6 Å².